The lowest BCUT2D eigenvalue weighted by atomic mass is 10.2. The molecule has 1 aromatic carbocycles. The number of aromatic nitrogens is 2. The van der Waals surface area contributed by atoms with E-state index in [0.29, 0.717) is 16.4 Å². The van der Waals surface area contributed by atoms with Crippen LogP contribution in [-0.2, 0) is 4.79 Å². The maximum atomic E-state index is 12.0. The van der Waals surface area contributed by atoms with Gasteiger partial charge in [0.25, 0.3) is 0 Å². The van der Waals surface area contributed by atoms with Crippen LogP contribution >= 0.6 is 34.7 Å². The highest BCUT2D eigenvalue weighted by atomic mass is 35.5. The number of hydrogen-bond acceptors (Lipinski definition) is 6. The molecule has 3 N–H and O–H groups in total. The minimum atomic E-state index is -0.273. The molecule has 19 heavy (non-hydrogen) atoms. The quantitative estimate of drug-likeness (QED) is 0.670. The summed E-state index contributed by atoms with van der Waals surface area (Å²) in [6.45, 7) is 1.81. The summed E-state index contributed by atoms with van der Waals surface area (Å²) in [6.07, 6.45) is 0. The predicted octanol–water partition coefficient (Wildman–Crippen LogP) is 2.89. The molecule has 0 aliphatic rings. The maximum Gasteiger partial charge on any atom is 0.237 e. The van der Waals surface area contributed by atoms with E-state index in [-0.39, 0.29) is 11.2 Å². The molecule has 0 saturated heterocycles. The standard InChI is InChI=1S/C11H11ClN4OS2/c1-6(19-11-16-14-5-18-11)10(17)15-7-2-3-8(12)9(13)4-7/h2-6H,13H2,1H3,(H,15,17). The molecule has 1 unspecified atom stereocenters. The van der Waals surface area contributed by atoms with Crippen LogP contribution in [0.4, 0.5) is 11.4 Å². The van der Waals surface area contributed by atoms with Crippen molar-refractivity contribution in [1.29, 1.82) is 0 Å². The van der Waals surface area contributed by atoms with Gasteiger partial charge in [0.05, 0.1) is 16.0 Å². The van der Waals surface area contributed by atoms with Crippen molar-refractivity contribution in [3.05, 3.63) is 28.7 Å². The summed E-state index contributed by atoms with van der Waals surface area (Å²) < 4.78 is 0.762. The van der Waals surface area contributed by atoms with E-state index in [9.17, 15) is 4.79 Å². The fraction of sp³-hybridized carbons (Fsp3) is 0.182. The first-order valence-electron chi connectivity index (χ1n) is 5.35. The van der Waals surface area contributed by atoms with Gasteiger partial charge in [-0.05, 0) is 25.1 Å². The van der Waals surface area contributed by atoms with Crippen molar-refractivity contribution in [2.24, 2.45) is 0 Å². The van der Waals surface area contributed by atoms with E-state index in [0.717, 1.165) is 4.34 Å². The number of amides is 1. The van der Waals surface area contributed by atoms with Crippen LogP contribution in [0.3, 0.4) is 0 Å². The van der Waals surface area contributed by atoms with Gasteiger partial charge in [-0.3, -0.25) is 4.79 Å². The van der Waals surface area contributed by atoms with E-state index < -0.39 is 0 Å². The lowest BCUT2D eigenvalue weighted by molar-refractivity contribution is -0.115. The number of carbonyl (C=O) groups excluding carboxylic acids is 1. The normalized spacial score (nSPS) is 12.1. The largest absolute Gasteiger partial charge is 0.397 e. The van der Waals surface area contributed by atoms with E-state index >= 15 is 0 Å². The van der Waals surface area contributed by atoms with Crippen LogP contribution in [0.2, 0.25) is 5.02 Å². The molecule has 1 aromatic heterocycles. The van der Waals surface area contributed by atoms with Crippen LogP contribution in [0, 0.1) is 0 Å². The van der Waals surface area contributed by atoms with Gasteiger partial charge >= 0.3 is 0 Å². The highest BCUT2D eigenvalue weighted by Gasteiger charge is 2.16. The molecule has 1 heterocycles. The van der Waals surface area contributed by atoms with Gasteiger partial charge in [-0.1, -0.05) is 34.7 Å². The monoisotopic (exact) mass is 314 g/mol. The molecule has 1 amide bonds. The number of nitrogens with two attached hydrogens (primary N) is 1. The second kappa shape index (κ2) is 6.23. The zero-order valence-electron chi connectivity index (χ0n) is 9.96. The number of anilines is 2. The molecule has 100 valence electrons. The Morgan fingerprint density at radius 3 is 3.00 bits per heavy atom. The van der Waals surface area contributed by atoms with Crippen LogP contribution in [-0.4, -0.2) is 21.4 Å². The van der Waals surface area contributed by atoms with Crippen molar-refractivity contribution >= 4 is 52.0 Å². The summed E-state index contributed by atoms with van der Waals surface area (Å²) in [7, 11) is 0. The molecular formula is C11H11ClN4OS2. The molecule has 8 heteroatoms. The first-order valence-corrected chi connectivity index (χ1v) is 7.48. The summed E-state index contributed by atoms with van der Waals surface area (Å²) in [5.74, 6) is -0.123. The Kier molecular flexibility index (Phi) is 4.62. The molecule has 0 aliphatic carbocycles. The summed E-state index contributed by atoms with van der Waals surface area (Å²) in [5, 5.41) is 10.6. The van der Waals surface area contributed by atoms with Gasteiger partial charge in [0.1, 0.15) is 5.51 Å². The van der Waals surface area contributed by atoms with Gasteiger partial charge < -0.3 is 11.1 Å². The Morgan fingerprint density at radius 1 is 1.58 bits per heavy atom. The molecule has 0 aliphatic heterocycles. The Labute approximate surface area is 123 Å². The maximum absolute atomic E-state index is 12.0. The van der Waals surface area contributed by atoms with Crippen molar-refractivity contribution in [3.8, 4) is 0 Å². The first kappa shape index (κ1) is 14.1. The predicted molar refractivity (Wildman–Crippen MR) is 79.7 cm³/mol. The van der Waals surface area contributed by atoms with Crippen molar-refractivity contribution < 1.29 is 4.79 Å². The van der Waals surface area contributed by atoms with E-state index in [1.807, 2.05) is 0 Å². The Bertz CT molecular complexity index is 576. The number of nitrogen functional groups attached to an aromatic ring is 1. The molecule has 0 radical (unpaired) electrons. The van der Waals surface area contributed by atoms with Crippen LogP contribution < -0.4 is 11.1 Å². The molecule has 0 bridgehead atoms. The summed E-state index contributed by atoms with van der Waals surface area (Å²) in [5.41, 5.74) is 8.36. The third kappa shape index (κ3) is 3.82. The molecule has 2 aromatic rings. The lowest BCUT2D eigenvalue weighted by Gasteiger charge is -2.11. The summed E-state index contributed by atoms with van der Waals surface area (Å²) >= 11 is 8.58. The number of carbonyl (C=O) groups is 1. The van der Waals surface area contributed by atoms with E-state index in [2.05, 4.69) is 15.5 Å². The van der Waals surface area contributed by atoms with E-state index in [1.54, 1.807) is 30.6 Å². The van der Waals surface area contributed by atoms with Gasteiger partial charge in [0.2, 0.25) is 5.91 Å². The number of hydrogen-bond donors (Lipinski definition) is 2. The zero-order chi connectivity index (χ0) is 13.8. The number of nitrogens with zero attached hydrogens (tertiary/aromatic N) is 2. The Hall–Kier alpha value is -1.31. The van der Waals surface area contributed by atoms with E-state index in [1.165, 1.54) is 23.1 Å². The van der Waals surface area contributed by atoms with Gasteiger partial charge in [-0.25, -0.2) is 0 Å². The number of rotatable bonds is 4. The number of halogens is 1. The fourth-order valence-electron chi connectivity index (χ4n) is 1.28. The van der Waals surface area contributed by atoms with Crippen LogP contribution in [0.5, 0.6) is 0 Å². The fourth-order valence-corrected chi connectivity index (χ4v) is 3.03. The number of benzene rings is 1. The molecule has 5 nitrogen and oxygen atoms in total. The van der Waals surface area contributed by atoms with Gasteiger partial charge in [-0.15, -0.1) is 10.2 Å². The molecule has 0 saturated carbocycles. The molecule has 0 fully saturated rings. The van der Waals surface area contributed by atoms with Crippen molar-refractivity contribution in [2.45, 2.75) is 16.5 Å². The summed E-state index contributed by atoms with van der Waals surface area (Å²) in [6, 6.07) is 4.98. The molecule has 0 spiro atoms. The van der Waals surface area contributed by atoms with Gasteiger partial charge in [0.15, 0.2) is 4.34 Å². The zero-order valence-corrected chi connectivity index (χ0v) is 12.4. The van der Waals surface area contributed by atoms with E-state index in [4.69, 9.17) is 17.3 Å². The average Bonchev–Trinajstić information content (AvgIpc) is 2.86. The van der Waals surface area contributed by atoms with Gasteiger partial charge in [-0.2, -0.15) is 0 Å². The Balaban J connectivity index is 1.98. The number of nitrogens with one attached hydrogen (secondary N) is 1. The van der Waals surface area contributed by atoms with Crippen LogP contribution in [0.25, 0.3) is 0 Å². The topological polar surface area (TPSA) is 80.9 Å². The third-order valence-electron chi connectivity index (χ3n) is 2.25. The second-order valence-electron chi connectivity index (χ2n) is 3.69. The average molecular weight is 315 g/mol. The highest BCUT2D eigenvalue weighted by Crippen LogP contribution is 2.26. The Morgan fingerprint density at radius 2 is 2.37 bits per heavy atom. The minimum Gasteiger partial charge on any atom is -0.397 e. The molecule has 1 atom stereocenters. The molecule has 2 rings (SSSR count). The van der Waals surface area contributed by atoms with Crippen molar-refractivity contribution in [1.82, 2.24) is 10.2 Å². The van der Waals surface area contributed by atoms with Crippen LogP contribution in [0.15, 0.2) is 28.0 Å². The third-order valence-corrected chi connectivity index (χ3v) is 4.51. The highest BCUT2D eigenvalue weighted by molar-refractivity contribution is 8.02. The molecular weight excluding hydrogens is 304 g/mol. The van der Waals surface area contributed by atoms with Crippen LogP contribution in [0.1, 0.15) is 6.92 Å². The van der Waals surface area contributed by atoms with Crippen molar-refractivity contribution in [2.75, 3.05) is 11.1 Å². The van der Waals surface area contributed by atoms with Crippen molar-refractivity contribution in [3.63, 3.8) is 0 Å². The minimum absolute atomic E-state index is 0.123. The lowest BCUT2D eigenvalue weighted by Crippen LogP contribution is -2.22. The summed E-state index contributed by atoms with van der Waals surface area (Å²) in [4.78, 5) is 12.0. The first-order chi connectivity index (χ1) is 9.06. The SMILES string of the molecule is CC(Sc1nncs1)C(=O)Nc1ccc(Cl)c(N)c1. The number of thioether (sulfide) groups is 1. The second-order valence-corrected chi connectivity index (χ2v) is 6.52. The van der Waals surface area contributed by atoms with Gasteiger partial charge in [0, 0.05) is 5.69 Å². The smallest absolute Gasteiger partial charge is 0.237 e.